The van der Waals surface area contributed by atoms with E-state index >= 15 is 0 Å². The normalized spacial score (nSPS) is 11.7. The van der Waals surface area contributed by atoms with E-state index in [9.17, 15) is 4.79 Å². The Balaban J connectivity index is 1.44. The first-order valence-electron chi connectivity index (χ1n) is 9.45. The summed E-state index contributed by atoms with van der Waals surface area (Å²) in [6.07, 6.45) is 0. The zero-order valence-electron chi connectivity index (χ0n) is 16.6. The fourth-order valence-corrected chi connectivity index (χ4v) is 3.72. The van der Waals surface area contributed by atoms with Crippen LogP contribution < -0.4 is 10.1 Å². The number of rotatable bonds is 4. The summed E-state index contributed by atoms with van der Waals surface area (Å²) in [5.41, 5.74) is 3.49. The molecule has 4 rings (SSSR count). The number of anilines is 1. The second kappa shape index (κ2) is 7.56. The summed E-state index contributed by atoms with van der Waals surface area (Å²) in [6, 6.07) is 19.5. The van der Waals surface area contributed by atoms with Crippen molar-refractivity contribution in [3.63, 3.8) is 0 Å². The molecular weight excluding hydrogens is 430 g/mol. The van der Waals surface area contributed by atoms with Gasteiger partial charge >= 0.3 is 0 Å². The lowest BCUT2D eigenvalue weighted by Crippen LogP contribution is -2.20. The van der Waals surface area contributed by atoms with Crippen LogP contribution in [0.3, 0.4) is 0 Å². The quantitative estimate of drug-likeness (QED) is 0.377. The Hall–Kier alpha value is -2.79. The van der Waals surface area contributed by atoms with Crippen molar-refractivity contribution in [1.82, 2.24) is 0 Å². The molecule has 0 atom stereocenters. The number of carbonyl (C=O) groups excluding carboxylic acids is 1. The molecule has 4 nitrogen and oxygen atoms in total. The average molecular weight is 452 g/mol. The molecule has 0 saturated heterocycles. The lowest BCUT2D eigenvalue weighted by Gasteiger charge is -2.20. The average Bonchev–Trinajstić information content (AvgIpc) is 3.04. The molecule has 1 aromatic heterocycles. The van der Waals surface area contributed by atoms with Gasteiger partial charge in [0.1, 0.15) is 16.9 Å². The van der Waals surface area contributed by atoms with E-state index in [2.05, 4.69) is 42.0 Å². The first-order valence-corrected chi connectivity index (χ1v) is 10.2. The molecule has 29 heavy (non-hydrogen) atoms. The third-order valence-corrected chi connectivity index (χ3v) is 5.44. The second-order valence-electron chi connectivity index (χ2n) is 8.04. The van der Waals surface area contributed by atoms with Crippen molar-refractivity contribution in [2.75, 3.05) is 11.9 Å². The van der Waals surface area contributed by atoms with Crippen LogP contribution in [0.25, 0.3) is 21.9 Å². The van der Waals surface area contributed by atoms with Crippen molar-refractivity contribution >= 4 is 49.5 Å². The van der Waals surface area contributed by atoms with Gasteiger partial charge in [-0.05, 0) is 57.2 Å². The largest absolute Gasteiger partial charge is 0.483 e. The SMILES string of the molecule is CC(C)(C)c1ccc(OCC(=O)Nc2ccc3c(c2)oc2ccccc23)c(Br)c1. The Morgan fingerprint density at radius 1 is 1.00 bits per heavy atom. The first kappa shape index (κ1) is 19.5. The van der Waals surface area contributed by atoms with Crippen molar-refractivity contribution in [3.8, 4) is 5.75 Å². The van der Waals surface area contributed by atoms with Gasteiger partial charge in [0.2, 0.25) is 0 Å². The van der Waals surface area contributed by atoms with Crippen LogP contribution in [0.1, 0.15) is 26.3 Å². The van der Waals surface area contributed by atoms with Crippen LogP contribution in [-0.4, -0.2) is 12.5 Å². The second-order valence-corrected chi connectivity index (χ2v) is 8.90. The van der Waals surface area contributed by atoms with Crippen LogP contribution in [0, 0.1) is 0 Å². The molecule has 1 amide bonds. The van der Waals surface area contributed by atoms with Crippen molar-refractivity contribution in [2.24, 2.45) is 0 Å². The molecular formula is C24H22BrNO3. The Kier molecular flexibility index (Phi) is 5.09. The van der Waals surface area contributed by atoms with Gasteiger partial charge in [-0.3, -0.25) is 4.79 Å². The highest BCUT2D eigenvalue weighted by Crippen LogP contribution is 2.32. The van der Waals surface area contributed by atoms with Gasteiger partial charge in [0.05, 0.1) is 4.47 Å². The maximum Gasteiger partial charge on any atom is 0.262 e. The summed E-state index contributed by atoms with van der Waals surface area (Å²) in [5.74, 6) is 0.410. The highest BCUT2D eigenvalue weighted by atomic mass is 79.9. The van der Waals surface area contributed by atoms with Crippen molar-refractivity contribution in [2.45, 2.75) is 26.2 Å². The first-order chi connectivity index (χ1) is 13.8. The smallest absolute Gasteiger partial charge is 0.262 e. The minimum absolute atomic E-state index is 0.0493. The topological polar surface area (TPSA) is 51.5 Å². The number of benzene rings is 3. The van der Waals surface area contributed by atoms with Crippen LogP contribution >= 0.6 is 15.9 Å². The molecule has 5 heteroatoms. The van der Waals surface area contributed by atoms with E-state index in [4.69, 9.17) is 9.15 Å². The molecule has 3 aromatic carbocycles. The minimum atomic E-state index is -0.229. The van der Waals surface area contributed by atoms with Gasteiger partial charge in [-0.15, -0.1) is 0 Å². The molecule has 0 aliphatic rings. The summed E-state index contributed by atoms with van der Waals surface area (Å²) < 4.78 is 12.4. The number of hydrogen-bond acceptors (Lipinski definition) is 3. The summed E-state index contributed by atoms with van der Waals surface area (Å²) in [6.45, 7) is 6.39. The van der Waals surface area contributed by atoms with E-state index in [1.165, 1.54) is 5.56 Å². The predicted molar refractivity (Wildman–Crippen MR) is 121 cm³/mol. The van der Waals surface area contributed by atoms with E-state index in [1.54, 1.807) is 0 Å². The summed E-state index contributed by atoms with van der Waals surface area (Å²) >= 11 is 3.53. The van der Waals surface area contributed by atoms with E-state index in [0.29, 0.717) is 11.4 Å². The third-order valence-electron chi connectivity index (χ3n) is 4.82. The van der Waals surface area contributed by atoms with Crippen LogP contribution in [-0.2, 0) is 10.2 Å². The number of hydrogen-bond donors (Lipinski definition) is 1. The maximum atomic E-state index is 12.3. The molecule has 0 fully saturated rings. The summed E-state index contributed by atoms with van der Waals surface area (Å²) in [7, 11) is 0. The van der Waals surface area contributed by atoms with Crippen molar-refractivity contribution < 1.29 is 13.9 Å². The molecule has 148 valence electrons. The van der Waals surface area contributed by atoms with E-state index in [1.807, 2.05) is 60.7 Å². The van der Waals surface area contributed by atoms with E-state index in [-0.39, 0.29) is 17.9 Å². The zero-order valence-corrected chi connectivity index (χ0v) is 18.2. The van der Waals surface area contributed by atoms with Crippen LogP contribution in [0.15, 0.2) is 69.6 Å². The van der Waals surface area contributed by atoms with Gasteiger partial charge in [-0.25, -0.2) is 0 Å². The minimum Gasteiger partial charge on any atom is -0.483 e. The number of amides is 1. The molecule has 0 bridgehead atoms. The number of halogens is 1. The van der Waals surface area contributed by atoms with Gasteiger partial charge in [-0.1, -0.05) is 45.0 Å². The van der Waals surface area contributed by atoms with Crippen molar-refractivity contribution in [1.29, 1.82) is 0 Å². The van der Waals surface area contributed by atoms with Crippen molar-refractivity contribution in [3.05, 3.63) is 70.7 Å². The molecule has 1 N–H and O–H groups in total. The molecule has 0 spiro atoms. The molecule has 0 unspecified atom stereocenters. The Morgan fingerprint density at radius 2 is 1.76 bits per heavy atom. The molecule has 4 aromatic rings. The highest BCUT2D eigenvalue weighted by Gasteiger charge is 2.16. The van der Waals surface area contributed by atoms with Crippen LogP contribution in [0.4, 0.5) is 5.69 Å². The van der Waals surface area contributed by atoms with E-state index in [0.717, 1.165) is 26.4 Å². The molecule has 1 heterocycles. The number of fused-ring (bicyclic) bond motifs is 3. The highest BCUT2D eigenvalue weighted by molar-refractivity contribution is 9.10. The standard InChI is InChI=1S/C24H22BrNO3/c1-24(2,3)15-8-11-21(19(25)12-15)28-14-23(27)26-16-9-10-18-17-6-4-5-7-20(17)29-22(18)13-16/h4-13H,14H2,1-3H3,(H,26,27). The summed E-state index contributed by atoms with van der Waals surface area (Å²) in [4.78, 5) is 12.3. The third kappa shape index (κ3) is 4.15. The fraction of sp³-hybridized carbons (Fsp3) is 0.208. The molecule has 0 aliphatic heterocycles. The monoisotopic (exact) mass is 451 g/mol. The van der Waals surface area contributed by atoms with Crippen LogP contribution in [0.2, 0.25) is 0 Å². The Labute approximate surface area is 178 Å². The number of nitrogens with one attached hydrogen (secondary N) is 1. The van der Waals surface area contributed by atoms with E-state index < -0.39 is 0 Å². The number of ether oxygens (including phenoxy) is 1. The molecule has 0 saturated carbocycles. The van der Waals surface area contributed by atoms with Gasteiger partial charge in [0.25, 0.3) is 5.91 Å². The van der Waals surface area contributed by atoms with Gasteiger partial charge < -0.3 is 14.5 Å². The van der Waals surface area contributed by atoms with Gasteiger partial charge in [0, 0.05) is 22.5 Å². The summed E-state index contributed by atoms with van der Waals surface area (Å²) in [5, 5.41) is 4.95. The van der Waals surface area contributed by atoms with Crippen LogP contribution in [0.5, 0.6) is 5.75 Å². The molecule has 0 radical (unpaired) electrons. The fourth-order valence-electron chi connectivity index (χ4n) is 3.23. The maximum absolute atomic E-state index is 12.3. The lowest BCUT2D eigenvalue weighted by molar-refractivity contribution is -0.118. The Bertz CT molecular complexity index is 1200. The number of furan rings is 1. The van der Waals surface area contributed by atoms with Gasteiger partial charge in [0.15, 0.2) is 6.61 Å². The lowest BCUT2D eigenvalue weighted by atomic mass is 9.87. The van der Waals surface area contributed by atoms with Gasteiger partial charge in [-0.2, -0.15) is 0 Å². The molecule has 0 aliphatic carbocycles. The number of carbonyl (C=O) groups is 1. The predicted octanol–water partition coefficient (Wildman–Crippen LogP) is 6.66. The zero-order chi connectivity index (χ0) is 20.6. The number of para-hydroxylation sites is 1. The Morgan fingerprint density at radius 3 is 2.52 bits per heavy atom.